The monoisotopic (exact) mass is 318 g/mol. The van der Waals surface area contributed by atoms with Gasteiger partial charge in [-0.1, -0.05) is 0 Å². The molecule has 2 aromatic rings. The van der Waals surface area contributed by atoms with Gasteiger partial charge in [-0.25, -0.2) is 0 Å². The van der Waals surface area contributed by atoms with E-state index in [0.29, 0.717) is 12.4 Å². The highest BCUT2D eigenvalue weighted by molar-refractivity contribution is 7.16. The van der Waals surface area contributed by atoms with Crippen molar-refractivity contribution in [3.63, 3.8) is 0 Å². The minimum atomic E-state index is -0.0681. The van der Waals surface area contributed by atoms with E-state index in [1.165, 1.54) is 16.0 Å². The molecule has 0 bridgehead atoms. The molecule has 4 nitrogen and oxygen atoms in total. The van der Waals surface area contributed by atoms with Crippen LogP contribution in [0.3, 0.4) is 0 Å². The molecule has 0 fully saturated rings. The second-order valence-corrected chi connectivity index (χ2v) is 7.99. The summed E-state index contributed by atoms with van der Waals surface area (Å²) in [5.41, 5.74) is 2.57. The second kappa shape index (κ2) is 5.25. The summed E-state index contributed by atoms with van der Waals surface area (Å²) in [4.78, 5) is 18.3. The minimum Gasteiger partial charge on any atom is -0.459 e. The number of aryl methyl sites for hydroxylation is 1. The van der Waals surface area contributed by atoms with Crippen LogP contribution in [-0.4, -0.2) is 23.0 Å². The molecule has 2 aromatic heterocycles. The van der Waals surface area contributed by atoms with Crippen molar-refractivity contribution >= 4 is 22.2 Å². The lowest BCUT2D eigenvalue weighted by Crippen LogP contribution is -2.52. The molecule has 0 aliphatic carbocycles. The van der Waals surface area contributed by atoms with Gasteiger partial charge in [-0.3, -0.25) is 14.6 Å². The third kappa shape index (κ3) is 2.48. The zero-order valence-corrected chi connectivity index (χ0v) is 14.6. The van der Waals surface area contributed by atoms with E-state index in [2.05, 4.69) is 39.5 Å². The zero-order chi connectivity index (χ0) is 16.1. The molecule has 0 aromatic carbocycles. The third-order valence-corrected chi connectivity index (χ3v) is 5.59. The van der Waals surface area contributed by atoms with Crippen LogP contribution < -0.4 is 4.90 Å². The van der Waals surface area contributed by atoms with Crippen LogP contribution in [0.5, 0.6) is 0 Å². The molecule has 5 heteroatoms. The number of furan rings is 1. The Bertz CT molecular complexity index is 695. The van der Waals surface area contributed by atoms with E-state index in [4.69, 9.17) is 4.42 Å². The minimum absolute atomic E-state index is 0.00165. The fourth-order valence-corrected chi connectivity index (χ4v) is 3.83. The molecule has 1 aliphatic heterocycles. The van der Waals surface area contributed by atoms with Crippen LogP contribution in [0.1, 0.15) is 47.3 Å². The Kier molecular flexibility index (Phi) is 3.65. The third-order valence-electron chi connectivity index (χ3n) is 4.32. The van der Waals surface area contributed by atoms with Crippen LogP contribution in [0.25, 0.3) is 0 Å². The first-order chi connectivity index (χ1) is 10.3. The van der Waals surface area contributed by atoms with E-state index >= 15 is 0 Å². The molecule has 0 atom stereocenters. The van der Waals surface area contributed by atoms with Crippen molar-refractivity contribution in [2.45, 2.75) is 46.7 Å². The summed E-state index contributed by atoms with van der Waals surface area (Å²) < 4.78 is 5.32. The van der Waals surface area contributed by atoms with Crippen molar-refractivity contribution in [2.24, 2.45) is 0 Å². The van der Waals surface area contributed by atoms with E-state index in [1.54, 1.807) is 29.7 Å². The summed E-state index contributed by atoms with van der Waals surface area (Å²) in [6.45, 7) is 12.3. The van der Waals surface area contributed by atoms with Gasteiger partial charge in [-0.2, -0.15) is 0 Å². The van der Waals surface area contributed by atoms with E-state index < -0.39 is 0 Å². The van der Waals surface area contributed by atoms with Gasteiger partial charge < -0.3 is 4.42 Å². The van der Waals surface area contributed by atoms with E-state index in [0.717, 1.165) is 11.5 Å². The molecule has 3 heterocycles. The Morgan fingerprint density at radius 2 is 2.05 bits per heavy atom. The summed E-state index contributed by atoms with van der Waals surface area (Å²) in [5.74, 6) is 0.326. The largest absolute Gasteiger partial charge is 0.459 e. The molecule has 1 amide bonds. The highest BCUT2D eigenvalue weighted by Gasteiger charge is 2.36. The molecule has 22 heavy (non-hydrogen) atoms. The Balaban J connectivity index is 2.05. The van der Waals surface area contributed by atoms with Crippen molar-refractivity contribution in [1.82, 2.24) is 4.90 Å². The van der Waals surface area contributed by atoms with Crippen LogP contribution >= 0.6 is 11.3 Å². The first-order valence-electron chi connectivity index (χ1n) is 7.48. The first kappa shape index (κ1) is 15.3. The van der Waals surface area contributed by atoms with Crippen molar-refractivity contribution in [1.29, 1.82) is 0 Å². The van der Waals surface area contributed by atoms with Crippen LogP contribution in [0.2, 0.25) is 0 Å². The molecular weight excluding hydrogens is 296 g/mol. The molecule has 0 N–H and O–H groups in total. The molecule has 0 saturated carbocycles. The first-order valence-corrected chi connectivity index (χ1v) is 8.30. The Morgan fingerprint density at radius 3 is 2.64 bits per heavy atom. The van der Waals surface area contributed by atoms with Gasteiger partial charge in [0.15, 0.2) is 5.76 Å². The SMILES string of the molecule is Cc1sc2c(c1C)CN(C(C)(C)C)CN2C(=O)c1ccco1. The number of nitrogens with zero attached hydrogens (tertiary/aromatic N) is 2. The van der Waals surface area contributed by atoms with Crippen molar-refractivity contribution in [3.8, 4) is 0 Å². The van der Waals surface area contributed by atoms with Crippen LogP contribution in [0.15, 0.2) is 22.8 Å². The average molecular weight is 318 g/mol. The van der Waals surface area contributed by atoms with Crippen molar-refractivity contribution < 1.29 is 9.21 Å². The summed E-state index contributed by atoms with van der Waals surface area (Å²) in [7, 11) is 0. The average Bonchev–Trinajstić information content (AvgIpc) is 3.06. The van der Waals surface area contributed by atoms with Crippen LogP contribution in [-0.2, 0) is 6.54 Å². The molecule has 3 rings (SSSR count). The summed E-state index contributed by atoms with van der Waals surface area (Å²) in [6, 6.07) is 3.48. The van der Waals surface area contributed by atoms with E-state index in [-0.39, 0.29) is 11.4 Å². The van der Waals surface area contributed by atoms with Crippen molar-refractivity contribution in [3.05, 3.63) is 40.2 Å². The van der Waals surface area contributed by atoms with Gasteiger partial charge in [0.25, 0.3) is 5.91 Å². The summed E-state index contributed by atoms with van der Waals surface area (Å²) >= 11 is 1.70. The zero-order valence-electron chi connectivity index (χ0n) is 13.8. The number of carbonyl (C=O) groups excluding carboxylic acids is 1. The Hall–Kier alpha value is -1.59. The van der Waals surface area contributed by atoms with Crippen molar-refractivity contribution in [2.75, 3.05) is 11.6 Å². The van der Waals surface area contributed by atoms with Crippen LogP contribution in [0.4, 0.5) is 5.00 Å². The Morgan fingerprint density at radius 1 is 1.32 bits per heavy atom. The summed E-state index contributed by atoms with van der Waals surface area (Å²) in [5, 5.41) is 1.07. The lowest BCUT2D eigenvalue weighted by atomic mass is 10.0. The van der Waals surface area contributed by atoms with Gasteiger partial charge >= 0.3 is 0 Å². The summed E-state index contributed by atoms with van der Waals surface area (Å²) in [6.07, 6.45) is 1.55. The molecule has 118 valence electrons. The maximum absolute atomic E-state index is 12.8. The molecule has 0 unspecified atom stereocenters. The lowest BCUT2D eigenvalue weighted by Gasteiger charge is -2.42. The maximum atomic E-state index is 12.8. The standard InChI is InChI=1S/C17H22N2O2S/c1-11-12(2)22-16-13(11)9-18(17(3,4)5)10-19(16)15(20)14-7-6-8-21-14/h6-8H,9-10H2,1-5H3. The molecular formula is C17H22N2O2S. The molecule has 0 spiro atoms. The second-order valence-electron chi connectivity index (χ2n) is 6.79. The lowest BCUT2D eigenvalue weighted by molar-refractivity contribution is 0.0854. The number of hydrogen-bond acceptors (Lipinski definition) is 4. The van der Waals surface area contributed by atoms with E-state index in [1.807, 2.05) is 4.90 Å². The molecule has 0 saturated heterocycles. The van der Waals surface area contributed by atoms with E-state index in [9.17, 15) is 4.79 Å². The fraction of sp³-hybridized carbons (Fsp3) is 0.471. The quantitative estimate of drug-likeness (QED) is 0.791. The number of rotatable bonds is 1. The number of anilines is 1. The number of hydrogen-bond donors (Lipinski definition) is 0. The predicted molar refractivity (Wildman–Crippen MR) is 89.5 cm³/mol. The molecule has 0 radical (unpaired) electrons. The predicted octanol–water partition coefficient (Wildman–Crippen LogP) is 4.18. The topological polar surface area (TPSA) is 36.7 Å². The number of carbonyl (C=O) groups is 1. The molecule has 1 aliphatic rings. The number of thiophene rings is 1. The smallest absolute Gasteiger partial charge is 0.295 e. The Labute approximate surface area is 135 Å². The van der Waals surface area contributed by atoms with Gasteiger partial charge in [0.2, 0.25) is 0 Å². The highest BCUT2D eigenvalue weighted by Crippen LogP contribution is 2.41. The number of amides is 1. The number of fused-ring (bicyclic) bond motifs is 1. The van der Waals surface area contributed by atoms with Gasteiger partial charge in [-0.05, 0) is 52.3 Å². The fourth-order valence-electron chi connectivity index (χ4n) is 2.68. The van der Waals surface area contributed by atoms with Crippen LogP contribution in [0, 0.1) is 13.8 Å². The normalized spacial score (nSPS) is 16.0. The highest BCUT2D eigenvalue weighted by atomic mass is 32.1. The van der Waals surface area contributed by atoms with Gasteiger partial charge in [-0.15, -0.1) is 11.3 Å². The van der Waals surface area contributed by atoms with Gasteiger partial charge in [0.05, 0.1) is 12.9 Å². The maximum Gasteiger partial charge on any atom is 0.295 e. The van der Waals surface area contributed by atoms with Gasteiger partial charge in [0, 0.05) is 22.5 Å². The van der Waals surface area contributed by atoms with Gasteiger partial charge in [0.1, 0.15) is 5.00 Å².